The van der Waals surface area contributed by atoms with Crippen molar-refractivity contribution < 1.29 is 13.2 Å². The second-order valence-electron chi connectivity index (χ2n) is 4.75. The number of ketones is 1. The van der Waals surface area contributed by atoms with Crippen molar-refractivity contribution in [2.45, 2.75) is 12.7 Å². The Hall–Kier alpha value is -1.56. The average molecular weight is 358 g/mol. The molecular formula is C15H13Cl2NO3S. The van der Waals surface area contributed by atoms with E-state index in [0.717, 1.165) is 0 Å². The molecule has 0 bridgehead atoms. The summed E-state index contributed by atoms with van der Waals surface area (Å²) < 4.78 is 26.8. The van der Waals surface area contributed by atoms with E-state index in [4.69, 9.17) is 23.2 Å². The normalized spacial score (nSPS) is 11.2. The number of halogens is 2. The number of carbonyl (C=O) groups is 1. The van der Waals surface area contributed by atoms with Crippen LogP contribution in [0.15, 0.2) is 42.5 Å². The largest absolute Gasteiger partial charge is 0.295 e. The minimum Gasteiger partial charge on any atom is -0.295 e. The van der Waals surface area contributed by atoms with E-state index in [0.29, 0.717) is 26.9 Å². The van der Waals surface area contributed by atoms with Gasteiger partial charge in [-0.3, -0.25) is 9.52 Å². The molecule has 7 heteroatoms. The van der Waals surface area contributed by atoms with Crippen LogP contribution in [0.1, 0.15) is 22.8 Å². The highest BCUT2D eigenvalue weighted by molar-refractivity contribution is 7.91. The van der Waals surface area contributed by atoms with Crippen LogP contribution in [0.3, 0.4) is 0 Å². The first-order valence-corrected chi connectivity index (χ1v) is 8.73. The number of hydrogen-bond acceptors (Lipinski definition) is 3. The SMILES string of the molecule is CC(=O)c1cccc(NS(=O)(=O)Cc2ccc(Cl)c(Cl)c2)c1. The van der Waals surface area contributed by atoms with Crippen molar-refractivity contribution in [1.29, 1.82) is 0 Å². The summed E-state index contributed by atoms with van der Waals surface area (Å²) >= 11 is 11.7. The minimum atomic E-state index is -3.62. The second-order valence-corrected chi connectivity index (χ2v) is 7.28. The standard InChI is InChI=1S/C15H13Cl2NO3S/c1-10(19)12-3-2-4-13(8-12)18-22(20,21)9-11-5-6-14(16)15(17)7-11/h2-8,18H,9H2,1H3. The van der Waals surface area contributed by atoms with Gasteiger partial charge in [0.2, 0.25) is 10.0 Å². The molecule has 0 aromatic heterocycles. The maximum Gasteiger partial charge on any atom is 0.236 e. The molecule has 0 aliphatic heterocycles. The van der Waals surface area contributed by atoms with E-state index in [9.17, 15) is 13.2 Å². The van der Waals surface area contributed by atoms with Crippen molar-refractivity contribution >= 4 is 44.7 Å². The van der Waals surface area contributed by atoms with Gasteiger partial charge in [-0.2, -0.15) is 0 Å². The first-order chi connectivity index (χ1) is 10.3. The van der Waals surface area contributed by atoms with Crippen LogP contribution in [0, 0.1) is 0 Å². The predicted octanol–water partition coefficient (Wildman–Crippen LogP) is 4.14. The number of hydrogen-bond donors (Lipinski definition) is 1. The van der Waals surface area contributed by atoms with Gasteiger partial charge in [-0.05, 0) is 36.8 Å². The van der Waals surface area contributed by atoms with Crippen LogP contribution in [0.4, 0.5) is 5.69 Å². The minimum absolute atomic E-state index is 0.134. The molecule has 2 aromatic rings. The first-order valence-electron chi connectivity index (χ1n) is 6.32. The number of Topliss-reactive ketones (excluding diaryl/α,β-unsaturated/α-hetero) is 1. The molecule has 0 unspecified atom stereocenters. The molecule has 116 valence electrons. The molecular weight excluding hydrogens is 345 g/mol. The van der Waals surface area contributed by atoms with E-state index < -0.39 is 10.0 Å². The molecule has 0 saturated carbocycles. The molecule has 0 aliphatic carbocycles. The monoisotopic (exact) mass is 357 g/mol. The summed E-state index contributed by atoms with van der Waals surface area (Å²) in [4.78, 5) is 11.3. The van der Waals surface area contributed by atoms with Gasteiger partial charge in [0.25, 0.3) is 0 Å². The van der Waals surface area contributed by atoms with E-state index in [1.165, 1.54) is 19.1 Å². The van der Waals surface area contributed by atoms with Gasteiger partial charge in [0, 0.05) is 11.3 Å². The number of benzene rings is 2. The van der Waals surface area contributed by atoms with E-state index in [1.54, 1.807) is 30.3 Å². The quantitative estimate of drug-likeness (QED) is 0.817. The molecule has 0 atom stereocenters. The highest BCUT2D eigenvalue weighted by Crippen LogP contribution is 2.24. The second kappa shape index (κ2) is 6.69. The van der Waals surface area contributed by atoms with Gasteiger partial charge in [0.1, 0.15) is 0 Å². The Labute approximate surface area is 139 Å². The fraction of sp³-hybridized carbons (Fsp3) is 0.133. The Morgan fingerprint density at radius 1 is 1.09 bits per heavy atom. The van der Waals surface area contributed by atoms with Gasteiger partial charge in [-0.1, -0.05) is 41.4 Å². The van der Waals surface area contributed by atoms with Crippen molar-refractivity contribution in [2.75, 3.05) is 4.72 Å². The van der Waals surface area contributed by atoms with Gasteiger partial charge in [0.15, 0.2) is 5.78 Å². The van der Waals surface area contributed by atoms with Gasteiger partial charge < -0.3 is 0 Å². The number of nitrogens with one attached hydrogen (secondary N) is 1. The van der Waals surface area contributed by atoms with E-state index in [2.05, 4.69) is 4.72 Å². The van der Waals surface area contributed by atoms with Gasteiger partial charge >= 0.3 is 0 Å². The lowest BCUT2D eigenvalue weighted by molar-refractivity contribution is 0.101. The molecule has 2 rings (SSSR count). The van der Waals surface area contributed by atoms with Crippen LogP contribution in [0.25, 0.3) is 0 Å². The molecule has 0 amide bonds. The number of anilines is 1. The molecule has 0 saturated heterocycles. The summed E-state index contributed by atoms with van der Waals surface area (Å²) in [6.45, 7) is 1.42. The fourth-order valence-corrected chi connectivity index (χ4v) is 3.36. The van der Waals surface area contributed by atoms with Gasteiger partial charge in [0.05, 0.1) is 15.8 Å². The molecule has 22 heavy (non-hydrogen) atoms. The molecule has 0 heterocycles. The Morgan fingerprint density at radius 2 is 1.82 bits per heavy atom. The summed E-state index contributed by atoms with van der Waals surface area (Å²) in [6, 6.07) is 11.0. The lowest BCUT2D eigenvalue weighted by Gasteiger charge is -2.09. The lowest BCUT2D eigenvalue weighted by Crippen LogP contribution is -2.15. The molecule has 2 aromatic carbocycles. The molecule has 4 nitrogen and oxygen atoms in total. The van der Waals surface area contributed by atoms with Crippen molar-refractivity contribution in [3.63, 3.8) is 0 Å². The van der Waals surface area contributed by atoms with E-state index >= 15 is 0 Å². The Bertz CT molecular complexity index is 819. The highest BCUT2D eigenvalue weighted by atomic mass is 35.5. The third kappa shape index (κ3) is 4.47. The molecule has 0 spiro atoms. The number of rotatable bonds is 5. The van der Waals surface area contributed by atoms with Gasteiger partial charge in [-0.15, -0.1) is 0 Å². The van der Waals surface area contributed by atoms with Crippen LogP contribution in [-0.4, -0.2) is 14.2 Å². The smallest absolute Gasteiger partial charge is 0.236 e. The van der Waals surface area contributed by atoms with Crippen LogP contribution in [-0.2, 0) is 15.8 Å². The Morgan fingerprint density at radius 3 is 2.45 bits per heavy atom. The predicted molar refractivity (Wildman–Crippen MR) is 89.2 cm³/mol. The zero-order chi connectivity index (χ0) is 16.3. The third-order valence-corrected chi connectivity index (χ3v) is 4.88. The maximum atomic E-state index is 12.2. The van der Waals surface area contributed by atoms with Crippen LogP contribution >= 0.6 is 23.2 Å². The lowest BCUT2D eigenvalue weighted by atomic mass is 10.1. The summed E-state index contributed by atoms with van der Waals surface area (Å²) in [5, 5.41) is 0.665. The first kappa shape index (κ1) is 16.8. The summed E-state index contributed by atoms with van der Waals surface area (Å²) in [7, 11) is -3.62. The molecule has 0 aliphatic rings. The summed E-state index contributed by atoms with van der Waals surface area (Å²) in [5.74, 6) is -0.376. The Kier molecular flexibility index (Phi) is 5.11. The van der Waals surface area contributed by atoms with Crippen molar-refractivity contribution in [1.82, 2.24) is 0 Å². The van der Waals surface area contributed by atoms with E-state index in [1.807, 2.05) is 0 Å². The topological polar surface area (TPSA) is 63.2 Å². The van der Waals surface area contributed by atoms with Crippen molar-refractivity contribution in [2.24, 2.45) is 0 Å². The maximum absolute atomic E-state index is 12.2. The number of carbonyl (C=O) groups excluding carboxylic acids is 1. The highest BCUT2D eigenvalue weighted by Gasteiger charge is 2.13. The van der Waals surface area contributed by atoms with Crippen molar-refractivity contribution in [3.8, 4) is 0 Å². The number of sulfonamides is 1. The van der Waals surface area contributed by atoms with E-state index in [-0.39, 0.29) is 11.5 Å². The molecule has 0 radical (unpaired) electrons. The summed E-state index contributed by atoms with van der Waals surface area (Å²) in [5.41, 5.74) is 1.30. The molecule has 0 fully saturated rings. The Balaban J connectivity index is 2.19. The zero-order valence-corrected chi connectivity index (χ0v) is 14.0. The van der Waals surface area contributed by atoms with Crippen LogP contribution < -0.4 is 4.72 Å². The van der Waals surface area contributed by atoms with Crippen LogP contribution in [0.5, 0.6) is 0 Å². The van der Waals surface area contributed by atoms with Crippen molar-refractivity contribution in [3.05, 3.63) is 63.6 Å². The third-order valence-electron chi connectivity index (χ3n) is 2.88. The molecule has 1 N–H and O–H groups in total. The van der Waals surface area contributed by atoms with Crippen LogP contribution in [0.2, 0.25) is 10.0 Å². The zero-order valence-electron chi connectivity index (χ0n) is 11.6. The van der Waals surface area contributed by atoms with Gasteiger partial charge in [-0.25, -0.2) is 8.42 Å². The average Bonchev–Trinajstić information content (AvgIpc) is 2.42. The summed E-state index contributed by atoms with van der Waals surface area (Å²) in [6.07, 6.45) is 0. The fourth-order valence-electron chi connectivity index (χ4n) is 1.87.